The monoisotopic (exact) mass is 319 g/mol. The number of aromatic nitrogens is 1. The zero-order valence-electron chi connectivity index (χ0n) is 13.9. The van der Waals surface area contributed by atoms with Crippen molar-refractivity contribution >= 4 is 11.8 Å². The Morgan fingerprint density at radius 1 is 1.39 bits per heavy atom. The lowest BCUT2D eigenvalue weighted by atomic mass is 9.78. The molecule has 2 saturated heterocycles. The Morgan fingerprint density at radius 3 is 2.91 bits per heavy atom. The number of aromatic amines is 1. The third kappa shape index (κ3) is 2.87. The van der Waals surface area contributed by atoms with Crippen LogP contribution in [0.5, 0.6) is 0 Å². The standard InChI is InChI=1S/C17H25N3O3/c1-13-14(4-7-18-13)15(21)20-9-6-17(12-20)5-3-8-19(16(17)22)10-11-23-2/h4,7,18H,3,5-6,8-12H2,1-2H3. The number of H-pyrrole nitrogens is 1. The summed E-state index contributed by atoms with van der Waals surface area (Å²) in [6.45, 7) is 5.10. The molecule has 23 heavy (non-hydrogen) atoms. The van der Waals surface area contributed by atoms with Crippen LogP contribution in [0, 0.1) is 12.3 Å². The van der Waals surface area contributed by atoms with Gasteiger partial charge in [-0.25, -0.2) is 0 Å². The summed E-state index contributed by atoms with van der Waals surface area (Å²) >= 11 is 0. The highest BCUT2D eigenvalue weighted by Gasteiger charge is 2.49. The molecule has 0 radical (unpaired) electrons. The number of carbonyl (C=O) groups is 2. The van der Waals surface area contributed by atoms with E-state index in [1.54, 1.807) is 13.3 Å². The molecule has 1 atom stereocenters. The smallest absolute Gasteiger partial charge is 0.255 e. The van der Waals surface area contributed by atoms with Crippen LogP contribution in [0.2, 0.25) is 0 Å². The molecule has 1 N–H and O–H groups in total. The van der Waals surface area contributed by atoms with Crippen LogP contribution in [0.1, 0.15) is 35.3 Å². The number of amides is 2. The largest absolute Gasteiger partial charge is 0.383 e. The molecule has 2 aliphatic heterocycles. The third-order valence-corrected chi connectivity index (χ3v) is 5.21. The van der Waals surface area contributed by atoms with Gasteiger partial charge in [0.05, 0.1) is 17.6 Å². The van der Waals surface area contributed by atoms with Gasteiger partial charge >= 0.3 is 0 Å². The molecule has 0 aromatic carbocycles. The number of hydrogen-bond donors (Lipinski definition) is 1. The van der Waals surface area contributed by atoms with Crippen molar-refractivity contribution in [3.05, 3.63) is 23.5 Å². The van der Waals surface area contributed by atoms with Crippen molar-refractivity contribution in [2.75, 3.05) is 39.9 Å². The van der Waals surface area contributed by atoms with Crippen molar-refractivity contribution in [1.82, 2.24) is 14.8 Å². The van der Waals surface area contributed by atoms with Gasteiger partial charge in [-0.3, -0.25) is 9.59 Å². The van der Waals surface area contributed by atoms with Gasteiger partial charge in [0, 0.05) is 45.2 Å². The average Bonchev–Trinajstić information content (AvgIpc) is 3.16. The second-order valence-electron chi connectivity index (χ2n) is 6.66. The molecule has 0 bridgehead atoms. The van der Waals surface area contributed by atoms with Crippen LogP contribution in [0.25, 0.3) is 0 Å². The van der Waals surface area contributed by atoms with Crippen molar-refractivity contribution in [2.45, 2.75) is 26.2 Å². The van der Waals surface area contributed by atoms with Crippen molar-refractivity contribution < 1.29 is 14.3 Å². The van der Waals surface area contributed by atoms with Gasteiger partial charge < -0.3 is 19.5 Å². The quantitative estimate of drug-likeness (QED) is 0.913. The highest BCUT2D eigenvalue weighted by Crippen LogP contribution is 2.40. The Balaban J connectivity index is 1.71. The number of nitrogens with one attached hydrogen (secondary N) is 1. The highest BCUT2D eigenvalue weighted by atomic mass is 16.5. The Hall–Kier alpha value is -1.82. The van der Waals surface area contributed by atoms with Crippen molar-refractivity contribution in [1.29, 1.82) is 0 Å². The van der Waals surface area contributed by atoms with Gasteiger partial charge in [0.1, 0.15) is 0 Å². The predicted molar refractivity (Wildman–Crippen MR) is 86.2 cm³/mol. The van der Waals surface area contributed by atoms with E-state index in [1.165, 1.54) is 0 Å². The number of hydrogen-bond acceptors (Lipinski definition) is 3. The van der Waals surface area contributed by atoms with Crippen molar-refractivity contribution in [3.63, 3.8) is 0 Å². The zero-order chi connectivity index (χ0) is 16.4. The highest BCUT2D eigenvalue weighted by molar-refractivity contribution is 5.96. The molecule has 0 aliphatic carbocycles. The molecular weight excluding hydrogens is 294 g/mol. The van der Waals surface area contributed by atoms with Crippen LogP contribution in [0.15, 0.2) is 12.3 Å². The molecule has 6 nitrogen and oxygen atoms in total. The fourth-order valence-electron chi connectivity index (χ4n) is 3.85. The molecule has 2 aliphatic rings. The van der Waals surface area contributed by atoms with E-state index in [0.717, 1.165) is 31.5 Å². The van der Waals surface area contributed by atoms with Gasteiger partial charge in [-0.2, -0.15) is 0 Å². The maximum atomic E-state index is 12.9. The first-order chi connectivity index (χ1) is 11.1. The summed E-state index contributed by atoms with van der Waals surface area (Å²) in [5.41, 5.74) is 1.21. The van der Waals surface area contributed by atoms with E-state index in [2.05, 4.69) is 4.98 Å². The summed E-state index contributed by atoms with van der Waals surface area (Å²) in [6, 6.07) is 1.82. The summed E-state index contributed by atoms with van der Waals surface area (Å²) in [4.78, 5) is 32.4. The molecule has 2 fully saturated rings. The Kier molecular flexibility index (Phi) is 4.43. The van der Waals surface area contributed by atoms with Crippen LogP contribution in [0.4, 0.5) is 0 Å². The first-order valence-electron chi connectivity index (χ1n) is 8.29. The van der Waals surface area contributed by atoms with E-state index in [0.29, 0.717) is 31.8 Å². The molecule has 0 saturated carbocycles. The second-order valence-corrected chi connectivity index (χ2v) is 6.66. The zero-order valence-corrected chi connectivity index (χ0v) is 13.9. The number of likely N-dealkylation sites (tertiary alicyclic amines) is 2. The summed E-state index contributed by atoms with van der Waals surface area (Å²) in [5, 5.41) is 0. The van der Waals surface area contributed by atoms with Gasteiger partial charge in [-0.15, -0.1) is 0 Å². The van der Waals surface area contributed by atoms with Crippen molar-refractivity contribution in [3.8, 4) is 0 Å². The molecule has 1 aromatic rings. The van der Waals surface area contributed by atoms with Crippen molar-refractivity contribution in [2.24, 2.45) is 5.41 Å². The molecular formula is C17H25N3O3. The number of carbonyl (C=O) groups excluding carboxylic acids is 2. The summed E-state index contributed by atoms with van der Waals surface area (Å²) < 4.78 is 5.10. The number of aryl methyl sites for hydroxylation is 1. The number of nitrogens with zero attached hydrogens (tertiary/aromatic N) is 2. The normalized spacial score (nSPS) is 24.7. The van der Waals surface area contributed by atoms with Gasteiger partial charge in [-0.05, 0) is 32.3 Å². The number of methoxy groups -OCH3 is 1. The maximum absolute atomic E-state index is 12.9. The average molecular weight is 319 g/mol. The SMILES string of the molecule is COCCN1CCCC2(CCN(C(=O)c3cc[nH]c3C)C2)C1=O. The lowest BCUT2D eigenvalue weighted by Crippen LogP contribution is -2.51. The topological polar surface area (TPSA) is 65.6 Å². The Labute approximate surface area is 136 Å². The molecule has 126 valence electrons. The summed E-state index contributed by atoms with van der Waals surface area (Å²) in [7, 11) is 1.65. The molecule has 1 unspecified atom stereocenters. The fraction of sp³-hybridized carbons (Fsp3) is 0.647. The second kappa shape index (κ2) is 6.35. The molecule has 3 rings (SSSR count). The number of piperidine rings is 1. The van der Waals surface area contributed by atoms with E-state index in [9.17, 15) is 9.59 Å². The van der Waals surface area contributed by atoms with Crippen LogP contribution in [-0.4, -0.2) is 66.5 Å². The first-order valence-corrected chi connectivity index (χ1v) is 8.29. The van der Waals surface area contributed by atoms with E-state index in [1.807, 2.05) is 22.8 Å². The van der Waals surface area contributed by atoms with Crippen LogP contribution in [0.3, 0.4) is 0 Å². The van der Waals surface area contributed by atoms with E-state index in [4.69, 9.17) is 4.74 Å². The van der Waals surface area contributed by atoms with Gasteiger partial charge in [0.15, 0.2) is 0 Å². The minimum absolute atomic E-state index is 0.0300. The third-order valence-electron chi connectivity index (χ3n) is 5.21. The van der Waals surface area contributed by atoms with E-state index < -0.39 is 0 Å². The van der Waals surface area contributed by atoms with E-state index in [-0.39, 0.29) is 17.2 Å². The Morgan fingerprint density at radius 2 is 2.22 bits per heavy atom. The summed E-state index contributed by atoms with van der Waals surface area (Å²) in [5.74, 6) is 0.226. The summed E-state index contributed by atoms with van der Waals surface area (Å²) in [6.07, 6.45) is 4.43. The van der Waals surface area contributed by atoms with Gasteiger partial charge in [-0.1, -0.05) is 0 Å². The Bertz CT molecular complexity index is 598. The molecule has 1 aromatic heterocycles. The molecule has 6 heteroatoms. The maximum Gasteiger partial charge on any atom is 0.255 e. The van der Waals surface area contributed by atoms with Gasteiger partial charge in [0.2, 0.25) is 5.91 Å². The van der Waals surface area contributed by atoms with Crippen LogP contribution < -0.4 is 0 Å². The van der Waals surface area contributed by atoms with E-state index >= 15 is 0 Å². The minimum atomic E-state index is -0.383. The molecule has 1 spiro atoms. The van der Waals surface area contributed by atoms with Gasteiger partial charge in [0.25, 0.3) is 5.91 Å². The first kappa shape index (κ1) is 16.1. The lowest BCUT2D eigenvalue weighted by Gasteiger charge is -2.39. The lowest BCUT2D eigenvalue weighted by molar-refractivity contribution is -0.146. The number of rotatable bonds is 4. The predicted octanol–water partition coefficient (Wildman–Crippen LogP) is 1.42. The fourth-order valence-corrected chi connectivity index (χ4v) is 3.85. The molecule has 3 heterocycles. The number of ether oxygens (including phenoxy) is 1. The van der Waals surface area contributed by atoms with Crippen LogP contribution >= 0.6 is 0 Å². The minimum Gasteiger partial charge on any atom is -0.383 e. The van der Waals surface area contributed by atoms with Crippen LogP contribution in [-0.2, 0) is 9.53 Å². The molecule has 2 amide bonds.